The molecular formula is C17H16N4O2. The molecule has 0 aliphatic heterocycles. The number of amides is 1. The Kier molecular flexibility index (Phi) is 3.22. The second kappa shape index (κ2) is 5.39. The molecule has 23 heavy (non-hydrogen) atoms. The number of pyridine rings is 1. The van der Waals surface area contributed by atoms with Crippen LogP contribution in [-0.4, -0.2) is 27.0 Å². The number of aromatic amines is 1. The summed E-state index contributed by atoms with van der Waals surface area (Å²) < 4.78 is 1.35. The van der Waals surface area contributed by atoms with Gasteiger partial charge in [-0.3, -0.25) is 4.79 Å². The fourth-order valence-electron chi connectivity index (χ4n) is 2.72. The molecule has 1 aliphatic carbocycles. The van der Waals surface area contributed by atoms with E-state index in [-0.39, 0.29) is 11.6 Å². The molecule has 0 unspecified atom stereocenters. The van der Waals surface area contributed by atoms with E-state index in [9.17, 15) is 9.59 Å². The lowest BCUT2D eigenvalue weighted by Gasteiger charge is -2.23. The van der Waals surface area contributed by atoms with Gasteiger partial charge in [-0.15, -0.1) is 0 Å². The number of benzene rings is 1. The Morgan fingerprint density at radius 1 is 1.22 bits per heavy atom. The topological polar surface area (TPSA) is 70.5 Å². The summed E-state index contributed by atoms with van der Waals surface area (Å²) in [6.45, 7) is 0.693. The minimum atomic E-state index is -0.344. The summed E-state index contributed by atoms with van der Waals surface area (Å²) in [5.41, 5.74) is 1.31. The van der Waals surface area contributed by atoms with Crippen molar-refractivity contribution in [1.82, 2.24) is 14.6 Å². The number of para-hydroxylation sites is 1. The molecular weight excluding hydrogens is 292 g/mol. The monoisotopic (exact) mass is 308 g/mol. The maximum Gasteiger partial charge on any atom is 0.347 e. The van der Waals surface area contributed by atoms with Gasteiger partial charge in [0.2, 0.25) is 0 Å². The molecule has 3 aromatic rings. The first-order chi connectivity index (χ1) is 11.2. The van der Waals surface area contributed by atoms with Gasteiger partial charge in [-0.1, -0.05) is 18.2 Å². The summed E-state index contributed by atoms with van der Waals surface area (Å²) in [5.74, 6) is 0.424. The highest BCUT2D eigenvalue weighted by Gasteiger charge is 2.29. The standard InChI is InChI=1S/C17H16N4O2/c22-16(14-7-4-10-20-15(14)18-19-17(20)23)21(11-12-8-9-12)13-5-2-1-3-6-13/h1-7,10,12H,8-9,11H2,(H,19,23). The lowest BCUT2D eigenvalue weighted by atomic mass is 10.2. The van der Waals surface area contributed by atoms with E-state index < -0.39 is 0 Å². The molecule has 1 fully saturated rings. The van der Waals surface area contributed by atoms with Gasteiger partial charge < -0.3 is 4.90 Å². The summed E-state index contributed by atoms with van der Waals surface area (Å²) in [5, 5.41) is 6.38. The van der Waals surface area contributed by atoms with Gasteiger partial charge in [0.15, 0.2) is 5.65 Å². The molecule has 1 amide bonds. The summed E-state index contributed by atoms with van der Waals surface area (Å²) >= 11 is 0. The number of H-pyrrole nitrogens is 1. The first kappa shape index (κ1) is 13.8. The average Bonchev–Trinajstić information content (AvgIpc) is 3.34. The van der Waals surface area contributed by atoms with E-state index in [1.165, 1.54) is 4.40 Å². The predicted molar refractivity (Wildman–Crippen MR) is 86.7 cm³/mol. The Hall–Kier alpha value is -2.89. The van der Waals surface area contributed by atoms with E-state index in [1.807, 2.05) is 30.3 Å². The molecule has 2 heterocycles. The van der Waals surface area contributed by atoms with Crippen molar-refractivity contribution < 1.29 is 4.79 Å². The van der Waals surface area contributed by atoms with Crippen molar-refractivity contribution >= 4 is 17.2 Å². The second-order valence-electron chi connectivity index (χ2n) is 5.84. The number of aromatic nitrogens is 3. The van der Waals surface area contributed by atoms with Crippen LogP contribution in [0.15, 0.2) is 53.5 Å². The average molecular weight is 308 g/mol. The summed E-state index contributed by atoms with van der Waals surface area (Å²) in [4.78, 5) is 26.6. The second-order valence-corrected chi connectivity index (χ2v) is 5.84. The van der Waals surface area contributed by atoms with Gasteiger partial charge in [0, 0.05) is 18.4 Å². The highest BCUT2D eigenvalue weighted by molar-refractivity contribution is 6.09. The first-order valence-electron chi connectivity index (χ1n) is 7.67. The molecule has 2 aromatic heterocycles. The van der Waals surface area contributed by atoms with Crippen LogP contribution in [0.2, 0.25) is 0 Å². The van der Waals surface area contributed by atoms with Crippen LogP contribution in [0.3, 0.4) is 0 Å². The number of carbonyl (C=O) groups excluding carboxylic acids is 1. The lowest BCUT2D eigenvalue weighted by Crippen LogP contribution is -2.33. The van der Waals surface area contributed by atoms with Crippen LogP contribution in [0.5, 0.6) is 0 Å². The van der Waals surface area contributed by atoms with Crippen LogP contribution in [0.1, 0.15) is 23.2 Å². The number of rotatable bonds is 4. The van der Waals surface area contributed by atoms with E-state index in [2.05, 4.69) is 10.2 Å². The van der Waals surface area contributed by atoms with Crippen molar-refractivity contribution in [3.8, 4) is 0 Å². The molecule has 116 valence electrons. The van der Waals surface area contributed by atoms with Crippen LogP contribution in [0.4, 0.5) is 5.69 Å². The van der Waals surface area contributed by atoms with Gasteiger partial charge in [0.25, 0.3) is 5.91 Å². The number of anilines is 1. The van der Waals surface area contributed by atoms with Gasteiger partial charge in [-0.25, -0.2) is 14.3 Å². The van der Waals surface area contributed by atoms with Crippen LogP contribution in [-0.2, 0) is 0 Å². The molecule has 6 heteroatoms. The highest BCUT2D eigenvalue weighted by atomic mass is 16.2. The third-order valence-corrected chi connectivity index (χ3v) is 4.12. The minimum Gasteiger partial charge on any atom is -0.308 e. The summed E-state index contributed by atoms with van der Waals surface area (Å²) in [6.07, 6.45) is 3.91. The van der Waals surface area contributed by atoms with Crippen LogP contribution < -0.4 is 10.6 Å². The normalized spacial score (nSPS) is 14.1. The highest BCUT2D eigenvalue weighted by Crippen LogP contribution is 2.32. The fourth-order valence-corrected chi connectivity index (χ4v) is 2.72. The van der Waals surface area contributed by atoms with E-state index in [1.54, 1.807) is 23.2 Å². The maximum atomic E-state index is 13.1. The molecule has 1 saturated carbocycles. The summed E-state index contributed by atoms with van der Waals surface area (Å²) in [7, 11) is 0. The summed E-state index contributed by atoms with van der Waals surface area (Å²) in [6, 6.07) is 13.0. The lowest BCUT2D eigenvalue weighted by molar-refractivity contribution is 0.0986. The van der Waals surface area contributed by atoms with Gasteiger partial charge in [-0.2, -0.15) is 5.10 Å². The molecule has 1 aliphatic rings. The van der Waals surface area contributed by atoms with Crippen LogP contribution >= 0.6 is 0 Å². The molecule has 0 saturated heterocycles. The molecule has 0 bridgehead atoms. The molecule has 0 radical (unpaired) electrons. The molecule has 1 aromatic carbocycles. The van der Waals surface area contributed by atoms with Gasteiger partial charge in [-0.05, 0) is 43.0 Å². The Morgan fingerprint density at radius 3 is 2.74 bits per heavy atom. The predicted octanol–water partition coefficient (Wildman–Crippen LogP) is 2.08. The minimum absolute atomic E-state index is 0.132. The Labute approximate surface area is 132 Å². The number of carbonyl (C=O) groups is 1. The molecule has 0 spiro atoms. The number of nitrogens with one attached hydrogen (secondary N) is 1. The van der Waals surface area contributed by atoms with Crippen molar-refractivity contribution in [1.29, 1.82) is 0 Å². The maximum absolute atomic E-state index is 13.1. The Bertz CT molecular complexity index is 909. The number of fused-ring (bicyclic) bond motifs is 1. The van der Waals surface area contributed by atoms with E-state index in [0.29, 0.717) is 23.7 Å². The fraction of sp³-hybridized carbons (Fsp3) is 0.235. The molecule has 6 nitrogen and oxygen atoms in total. The number of hydrogen-bond acceptors (Lipinski definition) is 3. The van der Waals surface area contributed by atoms with E-state index >= 15 is 0 Å². The SMILES string of the molecule is O=C(c1cccn2c(=O)[nH]nc12)N(CC1CC1)c1ccccc1. The molecule has 4 rings (SSSR count). The number of hydrogen-bond donors (Lipinski definition) is 1. The van der Waals surface area contributed by atoms with Crippen LogP contribution in [0.25, 0.3) is 5.65 Å². The van der Waals surface area contributed by atoms with E-state index in [4.69, 9.17) is 0 Å². The van der Waals surface area contributed by atoms with E-state index in [0.717, 1.165) is 18.5 Å². The largest absolute Gasteiger partial charge is 0.347 e. The van der Waals surface area contributed by atoms with Gasteiger partial charge in [0.1, 0.15) is 0 Å². The number of nitrogens with zero attached hydrogens (tertiary/aromatic N) is 3. The van der Waals surface area contributed by atoms with Gasteiger partial charge in [0.05, 0.1) is 5.56 Å². The van der Waals surface area contributed by atoms with Crippen molar-refractivity contribution in [3.63, 3.8) is 0 Å². The molecule has 1 N–H and O–H groups in total. The zero-order valence-corrected chi connectivity index (χ0v) is 12.5. The van der Waals surface area contributed by atoms with Crippen molar-refractivity contribution in [2.45, 2.75) is 12.8 Å². The zero-order chi connectivity index (χ0) is 15.8. The van der Waals surface area contributed by atoms with Gasteiger partial charge >= 0.3 is 5.69 Å². The van der Waals surface area contributed by atoms with Crippen molar-refractivity contribution in [2.24, 2.45) is 5.92 Å². The quantitative estimate of drug-likeness (QED) is 0.802. The van der Waals surface area contributed by atoms with Crippen molar-refractivity contribution in [3.05, 3.63) is 64.7 Å². The first-order valence-corrected chi connectivity index (χ1v) is 7.67. The smallest absolute Gasteiger partial charge is 0.308 e. The zero-order valence-electron chi connectivity index (χ0n) is 12.5. The molecule has 0 atom stereocenters. The Morgan fingerprint density at radius 2 is 2.00 bits per heavy atom. The third kappa shape index (κ3) is 2.52. The van der Waals surface area contributed by atoms with Crippen LogP contribution in [0, 0.1) is 5.92 Å². The third-order valence-electron chi connectivity index (χ3n) is 4.12. The Balaban J connectivity index is 1.78. The van der Waals surface area contributed by atoms with Crippen molar-refractivity contribution in [2.75, 3.05) is 11.4 Å².